The molecule has 6 heterocycles. The van der Waals surface area contributed by atoms with Crippen molar-refractivity contribution in [3.8, 4) is 0 Å². The number of ether oxygens (including phenoxy) is 2. The Kier molecular flexibility index (Phi) is 9.33. The van der Waals surface area contributed by atoms with Gasteiger partial charge in [-0.3, -0.25) is 14.6 Å². The summed E-state index contributed by atoms with van der Waals surface area (Å²) in [4.78, 5) is 34.5. The van der Waals surface area contributed by atoms with Crippen LogP contribution in [0.3, 0.4) is 0 Å². The molecule has 0 unspecified atom stereocenters. The summed E-state index contributed by atoms with van der Waals surface area (Å²) >= 11 is 0. The van der Waals surface area contributed by atoms with Gasteiger partial charge in [0.15, 0.2) is 5.65 Å². The number of carbonyl (C=O) groups is 1. The Labute approximate surface area is 275 Å². The number of halogens is 2. The fourth-order valence-corrected chi connectivity index (χ4v) is 7.76. The van der Waals surface area contributed by atoms with Gasteiger partial charge in [-0.15, -0.1) is 5.10 Å². The smallest absolute Gasteiger partial charge is 0.350 e. The molecule has 3 saturated heterocycles. The lowest BCUT2D eigenvalue weighted by Gasteiger charge is -2.43. The molecule has 0 bridgehead atoms. The normalized spacial score (nSPS) is 26.7. The second-order valence-corrected chi connectivity index (χ2v) is 15.4. The van der Waals surface area contributed by atoms with Crippen LogP contribution in [0, 0.1) is 5.92 Å². The predicted octanol–water partition coefficient (Wildman–Crippen LogP) is 1.79. The maximum absolute atomic E-state index is 16.6. The molecule has 6 rings (SSSR count). The zero-order valence-electron chi connectivity index (χ0n) is 28.6. The van der Waals surface area contributed by atoms with Crippen molar-refractivity contribution in [3.05, 3.63) is 27.8 Å². The molecule has 2 aromatic heterocycles. The average Bonchev–Trinajstić information content (AvgIpc) is 3.46. The number of aliphatic hydroxyl groups is 1. The first kappa shape index (κ1) is 34.4. The molecule has 47 heavy (non-hydrogen) atoms. The minimum atomic E-state index is -3.33. The fourth-order valence-electron chi connectivity index (χ4n) is 7.76. The molecule has 4 aliphatic heterocycles. The molecule has 0 spiro atoms. The summed E-state index contributed by atoms with van der Waals surface area (Å²) < 4.78 is 46.5. The first-order chi connectivity index (χ1) is 22.1. The number of morpholine rings is 1. The standard InChI is InChI=1S/C33H51F2N7O5/c1-21-15-39(24(14-36-21)16-38-9-12-47-18-22(38)2)17-27(43)40-19-31(3,4)28-26(40)13-25(33(34,35)23-7-10-46-11-8-23)29-37-41(20-32(5,6)45)30(44)42(28)29/h13,21-24,36,45H,7-12,14-20H2,1-6H3/t21-,22-,24-/m1/s1. The van der Waals surface area contributed by atoms with Crippen molar-refractivity contribution < 1.29 is 28.2 Å². The summed E-state index contributed by atoms with van der Waals surface area (Å²) in [5, 5.41) is 18.5. The third kappa shape index (κ3) is 6.73. The van der Waals surface area contributed by atoms with E-state index in [1.165, 1.54) is 10.5 Å². The van der Waals surface area contributed by atoms with E-state index < -0.39 is 28.5 Å². The molecular weight excluding hydrogens is 612 g/mol. The van der Waals surface area contributed by atoms with Crippen LogP contribution in [0.2, 0.25) is 0 Å². The Bertz CT molecular complexity index is 1530. The number of anilines is 1. The van der Waals surface area contributed by atoms with Crippen molar-refractivity contribution in [2.24, 2.45) is 5.92 Å². The zero-order chi connectivity index (χ0) is 33.9. The van der Waals surface area contributed by atoms with Crippen molar-refractivity contribution in [2.45, 2.75) is 96.0 Å². The summed E-state index contributed by atoms with van der Waals surface area (Å²) in [5.41, 5.74) is -2.36. The number of nitrogens with zero attached hydrogens (tertiary/aromatic N) is 6. The van der Waals surface area contributed by atoms with Gasteiger partial charge in [0.25, 0.3) is 5.92 Å². The van der Waals surface area contributed by atoms with Gasteiger partial charge in [-0.05, 0) is 46.6 Å². The van der Waals surface area contributed by atoms with Gasteiger partial charge in [-0.25, -0.2) is 22.7 Å². The number of carbonyl (C=O) groups excluding carboxylic acids is 1. The fraction of sp³-hybridized carbons (Fsp3) is 0.788. The van der Waals surface area contributed by atoms with Gasteiger partial charge >= 0.3 is 5.69 Å². The molecule has 4 aliphatic rings. The number of aromatic nitrogens is 3. The number of piperazine rings is 1. The topological polar surface area (TPSA) is 117 Å². The number of hydrogen-bond acceptors (Lipinski definition) is 9. The highest BCUT2D eigenvalue weighted by atomic mass is 19.3. The maximum atomic E-state index is 16.6. The van der Waals surface area contributed by atoms with Crippen LogP contribution < -0.4 is 15.9 Å². The first-order valence-electron chi connectivity index (χ1n) is 17.0. The summed E-state index contributed by atoms with van der Waals surface area (Å²) in [6, 6.07) is 1.96. The Morgan fingerprint density at radius 3 is 2.55 bits per heavy atom. The monoisotopic (exact) mass is 663 g/mol. The van der Waals surface area contributed by atoms with Crippen molar-refractivity contribution in [1.82, 2.24) is 29.3 Å². The molecule has 2 N–H and O–H groups in total. The van der Waals surface area contributed by atoms with Crippen LogP contribution in [0.15, 0.2) is 10.9 Å². The third-order valence-electron chi connectivity index (χ3n) is 10.3. The lowest BCUT2D eigenvalue weighted by molar-refractivity contribution is -0.121. The molecule has 262 valence electrons. The highest BCUT2D eigenvalue weighted by Crippen LogP contribution is 2.48. The lowest BCUT2D eigenvalue weighted by atomic mass is 9.87. The van der Waals surface area contributed by atoms with Gasteiger partial charge < -0.3 is 24.8 Å². The number of amides is 1. The molecule has 0 saturated carbocycles. The highest BCUT2D eigenvalue weighted by Gasteiger charge is 2.49. The van der Waals surface area contributed by atoms with E-state index in [1.54, 1.807) is 18.7 Å². The number of hydrogen-bond donors (Lipinski definition) is 2. The van der Waals surface area contributed by atoms with E-state index in [1.807, 2.05) is 13.8 Å². The van der Waals surface area contributed by atoms with Gasteiger partial charge in [0, 0.05) is 75.4 Å². The van der Waals surface area contributed by atoms with Crippen LogP contribution in [-0.2, 0) is 32.2 Å². The van der Waals surface area contributed by atoms with Crippen LogP contribution in [-0.4, -0.2) is 124 Å². The molecule has 12 nitrogen and oxygen atoms in total. The van der Waals surface area contributed by atoms with Crippen molar-refractivity contribution >= 4 is 17.2 Å². The number of pyridine rings is 1. The highest BCUT2D eigenvalue weighted by molar-refractivity contribution is 5.98. The minimum absolute atomic E-state index is 0.0874. The summed E-state index contributed by atoms with van der Waals surface area (Å²) in [6.45, 7) is 16.2. The van der Waals surface area contributed by atoms with E-state index in [2.05, 4.69) is 34.1 Å². The first-order valence-corrected chi connectivity index (χ1v) is 17.0. The van der Waals surface area contributed by atoms with Crippen LogP contribution >= 0.6 is 0 Å². The van der Waals surface area contributed by atoms with E-state index in [9.17, 15) is 14.7 Å². The molecule has 0 aliphatic carbocycles. The maximum Gasteiger partial charge on any atom is 0.350 e. The number of alkyl halides is 2. The molecular formula is C33H51F2N7O5. The van der Waals surface area contributed by atoms with Crippen LogP contribution in [0.25, 0.3) is 5.65 Å². The average molecular weight is 664 g/mol. The molecule has 1 amide bonds. The largest absolute Gasteiger partial charge is 0.389 e. The minimum Gasteiger partial charge on any atom is -0.389 e. The van der Waals surface area contributed by atoms with E-state index in [-0.39, 0.29) is 80.9 Å². The van der Waals surface area contributed by atoms with Gasteiger partial charge in [0.2, 0.25) is 5.91 Å². The Morgan fingerprint density at radius 2 is 1.87 bits per heavy atom. The zero-order valence-corrected chi connectivity index (χ0v) is 28.6. The van der Waals surface area contributed by atoms with Gasteiger partial charge in [-0.2, -0.15) is 0 Å². The van der Waals surface area contributed by atoms with Crippen LogP contribution in [0.5, 0.6) is 0 Å². The van der Waals surface area contributed by atoms with Crippen molar-refractivity contribution in [2.75, 3.05) is 70.6 Å². The van der Waals surface area contributed by atoms with Crippen molar-refractivity contribution in [1.29, 1.82) is 0 Å². The molecule has 0 aromatic carbocycles. The van der Waals surface area contributed by atoms with E-state index in [4.69, 9.17) is 9.47 Å². The second-order valence-electron chi connectivity index (χ2n) is 15.4. The van der Waals surface area contributed by atoms with Crippen LogP contribution in [0.4, 0.5) is 14.5 Å². The Hall–Kier alpha value is -2.49. The molecule has 14 heteroatoms. The van der Waals surface area contributed by atoms with E-state index in [0.717, 1.165) is 24.3 Å². The predicted molar refractivity (Wildman–Crippen MR) is 173 cm³/mol. The lowest BCUT2D eigenvalue weighted by Crippen LogP contribution is -2.62. The number of nitrogens with one attached hydrogen (secondary N) is 1. The van der Waals surface area contributed by atoms with Gasteiger partial charge in [0.1, 0.15) is 0 Å². The quantitative estimate of drug-likeness (QED) is 0.436. The third-order valence-corrected chi connectivity index (χ3v) is 10.3. The van der Waals surface area contributed by atoms with Gasteiger partial charge in [0.05, 0.1) is 48.8 Å². The van der Waals surface area contributed by atoms with E-state index >= 15 is 8.78 Å². The van der Waals surface area contributed by atoms with Crippen LogP contribution in [0.1, 0.15) is 65.6 Å². The summed E-state index contributed by atoms with van der Waals surface area (Å²) in [7, 11) is 0. The molecule has 3 fully saturated rings. The Morgan fingerprint density at radius 1 is 1.15 bits per heavy atom. The SMILES string of the molecule is C[C@@H]1CN(CC(=O)N2CC(C)(C)c3c2cc(C(F)(F)C2CCOCC2)c2nn(CC(C)(C)O)c(=O)n32)[C@@H](CN2CCOC[C@H]2C)CN1. The number of rotatable bonds is 8. The second kappa shape index (κ2) is 12.8. The molecule has 2 aromatic rings. The molecule has 0 radical (unpaired) electrons. The van der Waals surface area contributed by atoms with Crippen molar-refractivity contribution in [3.63, 3.8) is 0 Å². The summed E-state index contributed by atoms with van der Waals surface area (Å²) in [6.07, 6.45) is 0.340. The molecule has 3 atom stereocenters. The summed E-state index contributed by atoms with van der Waals surface area (Å²) in [5.74, 6) is -4.53. The Balaban J connectivity index is 1.40. The van der Waals surface area contributed by atoms with Gasteiger partial charge in [-0.1, -0.05) is 13.8 Å². The van der Waals surface area contributed by atoms with E-state index in [0.29, 0.717) is 31.1 Å². The number of fused-ring (bicyclic) bond motifs is 3.